The molecule has 5 nitrogen and oxygen atoms in total. The van der Waals surface area contributed by atoms with Crippen LogP contribution >= 0.6 is 0 Å². The monoisotopic (exact) mass is 182 g/mol. The van der Waals surface area contributed by atoms with Crippen molar-refractivity contribution in [1.82, 2.24) is 0 Å². The molecular formula is C8H10N2O3. The highest BCUT2D eigenvalue weighted by Gasteiger charge is 2.32. The van der Waals surface area contributed by atoms with Crippen LogP contribution in [0.5, 0.6) is 0 Å². The molecule has 5 heteroatoms. The zero-order valence-corrected chi connectivity index (χ0v) is 6.97. The zero-order chi connectivity index (χ0) is 9.42. The van der Waals surface area contributed by atoms with E-state index in [1.165, 1.54) is 6.07 Å². The second-order valence-electron chi connectivity index (χ2n) is 3.30. The summed E-state index contributed by atoms with van der Waals surface area (Å²) in [4.78, 5) is 9.74. The lowest BCUT2D eigenvalue weighted by atomic mass is 10.1. The molecule has 0 aliphatic heterocycles. The highest BCUT2D eigenvalue weighted by molar-refractivity contribution is 5.20. The zero-order valence-electron chi connectivity index (χ0n) is 6.97. The summed E-state index contributed by atoms with van der Waals surface area (Å²) in [5, 5.41) is 10.3. The first-order valence-corrected chi connectivity index (χ1v) is 4.18. The third-order valence-corrected chi connectivity index (χ3v) is 2.25. The molecule has 1 fully saturated rings. The number of furan rings is 1. The van der Waals surface area contributed by atoms with Gasteiger partial charge in [-0.1, -0.05) is 0 Å². The van der Waals surface area contributed by atoms with E-state index in [4.69, 9.17) is 10.2 Å². The first-order valence-electron chi connectivity index (χ1n) is 4.18. The Labute approximate surface area is 74.7 Å². The first kappa shape index (κ1) is 8.25. The van der Waals surface area contributed by atoms with Gasteiger partial charge in [-0.2, -0.15) is 0 Å². The molecule has 0 spiro atoms. The minimum absolute atomic E-state index is 0.173. The fraction of sp³-hybridized carbons (Fsp3) is 0.500. The minimum atomic E-state index is -0.552. The molecule has 1 saturated carbocycles. The fourth-order valence-corrected chi connectivity index (χ4v) is 1.31. The Bertz CT molecular complexity index is 330. The van der Waals surface area contributed by atoms with Crippen molar-refractivity contribution in [2.75, 3.05) is 0 Å². The van der Waals surface area contributed by atoms with Crippen molar-refractivity contribution in [3.8, 4) is 0 Å². The van der Waals surface area contributed by atoms with Gasteiger partial charge in [0.05, 0.1) is 12.1 Å². The van der Waals surface area contributed by atoms with Crippen molar-refractivity contribution in [1.29, 1.82) is 0 Å². The van der Waals surface area contributed by atoms with Crippen LogP contribution in [0.25, 0.3) is 0 Å². The van der Waals surface area contributed by atoms with E-state index in [0.29, 0.717) is 11.7 Å². The molecule has 1 heterocycles. The van der Waals surface area contributed by atoms with E-state index in [0.717, 1.165) is 12.8 Å². The number of nitro groups is 1. The van der Waals surface area contributed by atoms with Gasteiger partial charge in [-0.3, -0.25) is 10.1 Å². The molecule has 70 valence electrons. The van der Waals surface area contributed by atoms with Crippen molar-refractivity contribution in [2.24, 2.45) is 11.7 Å². The average Bonchev–Trinajstić information content (AvgIpc) is 2.81. The molecule has 2 N–H and O–H groups in total. The van der Waals surface area contributed by atoms with Gasteiger partial charge in [0.25, 0.3) is 0 Å². The Morgan fingerprint density at radius 1 is 1.62 bits per heavy atom. The SMILES string of the molecule is N[C@H](c1ccc([N+](=O)[O-])o1)C1CC1. The van der Waals surface area contributed by atoms with E-state index in [-0.39, 0.29) is 11.9 Å². The summed E-state index contributed by atoms with van der Waals surface area (Å²) in [5.74, 6) is 0.742. The maximum absolute atomic E-state index is 10.3. The number of rotatable bonds is 3. The molecule has 1 aliphatic carbocycles. The van der Waals surface area contributed by atoms with Crippen molar-refractivity contribution >= 4 is 5.88 Å². The Balaban J connectivity index is 2.16. The number of hydrogen-bond acceptors (Lipinski definition) is 4. The first-order chi connectivity index (χ1) is 6.18. The summed E-state index contributed by atoms with van der Waals surface area (Å²) in [7, 11) is 0. The second kappa shape index (κ2) is 2.85. The van der Waals surface area contributed by atoms with Crippen LogP contribution in [0.2, 0.25) is 0 Å². The van der Waals surface area contributed by atoms with Gasteiger partial charge >= 0.3 is 5.88 Å². The highest BCUT2D eigenvalue weighted by atomic mass is 16.6. The fourth-order valence-electron chi connectivity index (χ4n) is 1.31. The van der Waals surface area contributed by atoms with Crippen molar-refractivity contribution in [2.45, 2.75) is 18.9 Å². The normalized spacial score (nSPS) is 18.5. The Hall–Kier alpha value is -1.36. The van der Waals surface area contributed by atoms with Crippen LogP contribution in [0.3, 0.4) is 0 Å². The summed E-state index contributed by atoms with van der Waals surface area (Å²) < 4.78 is 4.98. The predicted octanol–water partition coefficient (Wildman–Crippen LogP) is 1.60. The molecule has 1 aromatic rings. The Morgan fingerprint density at radius 3 is 2.77 bits per heavy atom. The Kier molecular flexibility index (Phi) is 1.81. The van der Waals surface area contributed by atoms with E-state index in [1.54, 1.807) is 6.07 Å². The van der Waals surface area contributed by atoms with E-state index in [1.807, 2.05) is 0 Å². The van der Waals surface area contributed by atoms with Gasteiger partial charge in [-0.25, -0.2) is 0 Å². The molecule has 0 unspecified atom stereocenters. The van der Waals surface area contributed by atoms with Crippen molar-refractivity contribution in [3.63, 3.8) is 0 Å². The molecule has 13 heavy (non-hydrogen) atoms. The number of nitrogens with zero attached hydrogens (tertiary/aromatic N) is 1. The van der Waals surface area contributed by atoms with Crippen LogP contribution in [-0.2, 0) is 0 Å². The number of hydrogen-bond donors (Lipinski definition) is 1. The summed E-state index contributed by atoms with van der Waals surface area (Å²) in [6.45, 7) is 0. The maximum atomic E-state index is 10.3. The smallest absolute Gasteiger partial charge is 0.404 e. The molecule has 2 rings (SSSR count). The van der Waals surface area contributed by atoms with Crippen molar-refractivity contribution < 1.29 is 9.34 Å². The largest absolute Gasteiger partial charge is 0.433 e. The van der Waals surface area contributed by atoms with Crippen LogP contribution in [0.1, 0.15) is 24.6 Å². The third-order valence-electron chi connectivity index (χ3n) is 2.25. The highest BCUT2D eigenvalue weighted by Crippen LogP contribution is 2.40. The lowest BCUT2D eigenvalue weighted by Gasteiger charge is -2.03. The standard InChI is InChI=1S/C8H10N2O3/c9-8(5-1-2-5)6-3-4-7(13-6)10(11)12/h3-5,8H,1-2,9H2/t8-/m0/s1. The van der Waals surface area contributed by atoms with Crippen LogP contribution in [0, 0.1) is 16.0 Å². The summed E-state index contributed by atoms with van der Waals surface area (Å²) in [6, 6.07) is 2.76. The topological polar surface area (TPSA) is 82.3 Å². The summed E-state index contributed by atoms with van der Waals surface area (Å²) in [5.41, 5.74) is 5.80. The molecule has 1 aromatic heterocycles. The summed E-state index contributed by atoms with van der Waals surface area (Å²) in [6.07, 6.45) is 2.19. The van der Waals surface area contributed by atoms with Crippen LogP contribution in [0.15, 0.2) is 16.5 Å². The van der Waals surface area contributed by atoms with Crippen molar-refractivity contribution in [3.05, 3.63) is 28.0 Å². The molecule has 0 amide bonds. The van der Waals surface area contributed by atoms with Gasteiger partial charge in [0.15, 0.2) is 0 Å². The maximum Gasteiger partial charge on any atom is 0.433 e. The van der Waals surface area contributed by atoms with Gasteiger partial charge in [-0.15, -0.1) is 0 Å². The second-order valence-corrected chi connectivity index (χ2v) is 3.30. The molecule has 1 aliphatic rings. The molecule has 0 bridgehead atoms. The van der Waals surface area contributed by atoms with E-state index in [9.17, 15) is 10.1 Å². The molecule has 1 atom stereocenters. The van der Waals surface area contributed by atoms with Gasteiger partial charge in [-0.05, 0) is 24.8 Å². The van der Waals surface area contributed by atoms with Gasteiger partial charge < -0.3 is 10.2 Å². The van der Waals surface area contributed by atoms with Crippen LogP contribution in [-0.4, -0.2) is 4.92 Å². The van der Waals surface area contributed by atoms with E-state index >= 15 is 0 Å². The van der Waals surface area contributed by atoms with Gasteiger partial charge in [0.1, 0.15) is 10.7 Å². The molecule has 0 radical (unpaired) electrons. The minimum Gasteiger partial charge on any atom is -0.404 e. The quantitative estimate of drug-likeness (QED) is 0.568. The Morgan fingerprint density at radius 2 is 2.31 bits per heavy atom. The van der Waals surface area contributed by atoms with E-state index in [2.05, 4.69) is 0 Å². The molecule has 0 saturated heterocycles. The van der Waals surface area contributed by atoms with E-state index < -0.39 is 4.92 Å². The predicted molar refractivity (Wildman–Crippen MR) is 45.0 cm³/mol. The van der Waals surface area contributed by atoms with Crippen LogP contribution in [0.4, 0.5) is 5.88 Å². The number of nitrogens with two attached hydrogens (primary N) is 1. The lowest BCUT2D eigenvalue weighted by Crippen LogP contribution is -2.10. The molecular weight excluding hydrogens is 172 g/mol. The molecule has 0 aromatic carbocycles. The van der Waals surface area contributed by atoms with Crippen LogP contribution < -0.4 is 5.73 Å². The summed E-state index contributed by atoms with van der Waals surface area (Å²) >= 11 is 0. The lowest BCUT2D eigenvalue weighted by molar-refractivity contribution is -0.402. The average molecular weight is 182 g/mol. The van der Waals surface area contributed by atoms with Gasteiger partial charge in [0, 0.05) is 0 Å². The third kappa shape index (κ3) is 1.55. The van der Waals surface area contributed by atoms with Gasteiger partial charge in [0.2, 0.25) is 0 Å².